The Morgan fingerprint density at radius 2 is 2.00 bits per heavy atom. The fourth-order valence-corrected chi connectivity index (χ4v) is 3.44. The maximum Gasteiger partial charge on any atom is 0.191 e. The average molecular weight is 375 g/mol. The Hall–Kier alpha value is -2.08. The Kier molecular flexibility index (Phi) is 7.45. The minimum atomic E-state index is 0.142. The molecule has 2 N–H and O–H groups in total. The van der Waals surface area contributed by atoms with Crippen LogP contribution in [0.1, 0.15) is 47.5 Å². The molecule has 0 aliphatic rings. The third-order valence-corrected chi connectivity index (χ3v) is 4.83. The number of guanidine groups is 1. The van der Waals surface area contributed by atoms with Gasteiger partial charge in [-0.1, -0.05) is 12.1 Å². The number of aromatic nitrogens is 1. The van der Waals surface area contributed by atoms with Crippen LogP contribution in [0, 0.1) is 20.8 Å². The number of hydrogen-bond acceptors (Lipinski definition) is 4. The Balaban J connectivity index is 2.10. The van der Waals surface area contributed by atoms with Crippen LogP contribution in [0.2, 0.25) is 0 Å². The summed E-state index contributed by atoms with van der Waals surface area (Å²) in [5.74, 6) is 1.71. The number of nitrogens with one attached hydrogen (secondary N) is 2. The zero-order chi connectivity index (χ0) is 19.1. The van der Waals surface area contributed by atoms with Crippen molar-refractivity contribution in [2.24, 2.45) is 4.99 Å². The van der Waals surface area contributed by atoms with Crippen LogP contribution in [-0.2, 0) is 13.1 Å². The summed E-state index contributed by atoms with van der Waals surface area (Å²) in [6, 6.07) is 6.27. The molecule has 5 nitrogen and oxygen atoms in total. The van der Waals surface area contributed by atoms with Gasteiger partial charge in [0, 0.05) is 17.0 Å². The minimum absolute atomic E-state index is 0.142. The van der Waals surface area contributed by atoms with E-state index in [9.17, 15) is 0 Å². The second-order valence-corrected chi connectivity index (χ2v) is 7.86. The third kappa shape index (κ3) is 6.02. The van der Waals surface area contributed by atoms with Gasteiger partial charge in [0.1, 0.15) is 5.75 Å². The van der Waals surface area contributed by atoms with Crippen LogP contribution < -0.4 is 15.4 Å². The highest BCUT2D eigenvalue weighted by Gasteiger charge is 2.08. The van der Waals surface area contributed by atoms with E-state index in [1.807, 2.05) is 27.7 Å². The van der Waals surface area contributed by atoms with Crippen molar-refractivity contribution in [3.8, 4) is 5.75 Å². The van der Waals surface area contributed by atoms with Crippen LogP contribution in [0.3, 0.4) is 0 Å². The highest BCUT2D eigenvalue weighted by Crippen LogP contribution is 2.22. The molecule has 2 rings (SSSR count). The number of aryl methyl sites for hydroxylation is 3. The highest BCUT2D eigenvalue weighted by molar-refractivity contribution is 7.11. The van der Waals surface area contributed by atoms with Crippen molar-refractivity contribution in [2.75, 3.05) is 6.54 Å². The minimum Gasteiger partial charge on any atom is -0.491 e. The lowest BCUT2D eigenvalue weighted by Crippen LogP contribution is -2.36. The fourth-order valence-electron chi connectivity index (χ4n) is 2.56. The van der Waals surface area contributed by atoms with Gasteiger partial charge in [-0.3, -0.25) is 0 Å². The largest absolute Gasteiger partial charge is 0.491 e. The Morgan fingerprint density at radius 1 is 1.23 bits per heavy atom. The molecule has 0 saturated carbocycles. The van der Waals surface area contributed by atoms with Crippen molar-refractivity contribution in [2.45, 2.75) is 60.7 Å². The summed E-state index contributed by atoms with van der Waals surface area (Å²) >= 11 is 1.72. The first-order chi connectivity index (χ1) is 12.4. The molecule has 1 aromatic carbocycles. The van der Waals surface area contributed by atoms with E-state index in [0.29, 0.717) is 6.54 Å². The Morgan fingerprint density at radius 3 is 2.62 bits per heavy atom. The number of aliphatic imine (C=N–C) groups is 1. The molecule has 6 heteroatoms. The quantitative estimate of drug-likeness (QED) is 0.566. The molecule has 0 amide bonds. The van der Waals surface area contributed by atoms with Gasteiger partial charge in [-0.15, -0.1) is 11.3 Å². The normalized spacial score (nSPS) is 11.7. The molecule has 142 valence electrons. The van der Waals surface area contributed by atoms with E-state index in [2.05, 4.69) is 47.7 Å². The smallest absolute Gasteiger partial charge is 0.191 e. The van der Waals surface area contributed by atoms with E-state index in [0.717, 1.165) is 41.1 Å². The van der Waals surface area contributed by atoms with E-state index in [4.69, 9.17) is 9.73 Å². The lowest BCUT2D eigenvalue weighted by atomic mass is 10.1. The number of hydrogen-bond donors (Lipinski definition) is 2. The van der Waals surface area contributed by atoms with Gasteiger partial charge in [0.15, 0.2) is 5.96 Å². The van der Waals surface area contributed by atoms with E-state index in [-0.39, 0.29) is 6.10 Å². The van der Waals surface area contributed by atoms with Gasteiger partial charge in [0.25, 0.3) is 0 Å². The highest BCUT2D eigenvalue weighted by atomic mass is 32.1. The van der Waals surface area contributed by atoms with Crippen LogP contribution in [0.15, 0.2) is 23.2 Å². The molecule has 0 unspecified atom stereocenters. The Labute approximate surface area is 160 Å². The molecule has 0 aliphatic carbocycles. The summed E-state index contributed by atoms with van der Waals surface area (Å²) < 4.78 is 5.95. The number of nitrogens with zero attached hydrogens (tertiary/aromatic N) is 2. The van der Waals surface area contributed by atoms with Crippen LogP contribution in [0.4, 0.5) is 0 Å². The topological polar surface area (TPSA) is 58.5 Å². The van der Waals surface area contributed by atoms with Crippen LogP contribution >= 0.6 is 11.3 Å². The lowest BCUT2D eigenvalue weighted by Gasteiger charge is -2.15. The maximum absolute atomic E-state index is 5.95. The molecule has 1 aromatic heterocycles. The second kappa shape index (κ2) is 9.57. The van der Waals surface area contributed by atoms with E-state index >= 15 is 0 Å². The van der Waals surface area contributed by atoms with Crippen LogP contribution in [0.5, 0.6) is 5.75 Å². The second-order valence-electron chi connectivity index (χ2n) is 6.57. The number of rotatable bonds is 7. The van der Waals surface area contributed by atoms with Gasteiger partial charge in [0.05, 0.1) is 29.9 Å². The van der Waals surface area contributed by atoms with Gasteiger partial charge in [-0.25, -0.2) is 9.98 Å². The predicted molar refractivity (Wildman–Crippen MR) is 110 cm³/mol. The van der Waals surface area contributed by atoms with Crippen molar-refractivity contribution in [1.29, 1.82) is 0 Å². The van der Waals surface area contributed by atoms with Gasteiger partial charge in [-0.2, -0.15) is 0 Å². The van der Waals surface area contributed by atoms with E-state index < -0.39 is 0 Å². The first-order valence-electron chi connectivity index (χ1n) is 9.10. The maximum atomic E-state index is 5.95. The molecular weight excluding hydrogens is 344 g/mol. The summed E-state index contributed by atoms with van der Waals surface area (Å²) in [7, 11) is 0. The Bertz CT molecular complexity index is 752. The average Bonchev–Trinajstić information content (AvgIpc) is 2.88. The lowest BCUT2D eigenvalue weighted by molar-refractivity contribution is 0.240. The summed E-state index contributed by atoms with van der Waals surface area (Å²) in [4.78, 5) is 10.5. The third-order valence-electron chi connectivity index (χ3n) is 3.75. The molecule has 0 saturated heterocycles. The van der Waals surface area contributed by atoms with Crippen molar-refractivity contribution >= 4 is 17.3 Å². The summed E-state index contributed by atoms with van der Waals surface area (Å²) in [5.41, 5.74) is 3.36. The first kappa shape index (κ1) is 20.2. The molecule has 1 heterocycles. The molecule has 0 fully saturated rings. The molecule has 26 heavy (non-hydrogen) atoms. The molecule has 0 spiro atoms. The van der Waals surface area contributed by atoms with Gasteiger partial charge in [0.2, 0.25) is 0 Å². The standard InChI is InChI=1S/C20H30N4OS/c1-7-21-20(23-12-19-15(5)24-16(6)26-19)22-11-17-9-8-14(4)10-18(17)25-13(2)3/h8-10,13H,7,11-12H2,1-6H3,(H2,21,22,23). The molecule has 2 aromatic rings. The van der Waals surface area contributed by atoms with Gasteiger partial charge in [-0.05, 0) is 53.2 Å². The van der Waals surface area contributed by atoms with Crippen molar-refractivity contribution in [3.63, 3.8) is 0 Å². The van der Waals surface area contributed by atoms with Crippen molar-refractivity contribution in [1.82, 2.24) is 15.6 Å². The van der Waals surface area contributed by atoms with Crippen molar-refractivity contribution in [3.05, 3.63) is 44.9 Å². The number of thiazole rings is 1. The summed E-state index contributed by atoms with van der Waals surface area (Å²) in [6.45, 7) is 14.4. The van der Waals surface area contributed by atoms with Crippen molar-refractivity contribution < 1.29 is 4.74 Å². The molecular formula is C20H30N4OS. The van der Waals surface area contributed by atoms with E-state index in [1.165, 1.54) is 10.4 Å². The first-order valence-corrected chi connectivity index (χ1v) is 9.92. The fraction of sp³-hybridized carbons (Fsp3) is 0.500. The van der Waals surface area contributed by atoms with E-state index in [1.54, 1.807) is 11.3 Å². The SMILES string of the molecule is CCNC(=NCc1ccc(C)cc1OC(C)C)NCc1sc(C)nc1C. The molecule has 0 aliphatic heterocycles. The van der Waals surface area contributed by atoms with Crippen LogP contribution in [0.25, 0.3) is 0 Å². The summed E-state index contributed by atoms with van der Waals surface area (Å²) in [6.07, 6.45) is 0.142. The van der Waals surface area contributed by atoms with Crippen LogP contribution in [-0.4, -0.2) is 23.6 Å². The molecule has 0 radical (unpaired) electrons. The summed E-state index contributed by atoms with van der Waals surface area (Å²) in [5, 5.41) is 7.80. The van der Waals surface area contributed by atoms with Gasteiger partial charge < -0.3 is 15.4 Å². The number of benzene rings is 1. The zero-order valence-corrected chi connectivity index (χ0v) is 17.5. The molecule has 0 bridgehead atoms. The molecule has 0 atom stereocenters. The monoisotopic (exact) mass is 374 g/mol. The number of ether oxygens (including phenoxy) is 1. The zero-order valence-electron chi connectivity index (χ0n) is 16.6. The van der Waals surface area contributed by atoms with Gasteiger partial charge >= 0.3 is 0 Å². The predicted octanol–water partition coefficient (Wildman–Crippen LogP) is 4.11.